The molecule has 2 atom stereocenters. The lowest BCUT2D eigenvalue weighted by Gasteiger charge is -2.47. The molecule has 39 heavy (non-hydrogen) atoms. The van der Waals surface area contributed by atoms with Gasteiger partial charge in [0.1, 0.15) is 18.4 Å². The van der Waals surface area contributed by atoms with Crippen LogP contribution in [0.4, 0.5) is 17.6 Å². The van der Waals surface area contributed by atoms with Gasteiger partial charge < -0.3 is 19.7 Å². The number of allylic oxidation sites excluding steroid dienone is 1. The number of aromatic nitrogens is 3. The number of alkyl halides is 2. The van der Waals surface area contributed by atoms with Gasteiger partial charge in [-0.25, -0.2) is 32.7 Å². The van der Waals surface area contributed by atoms with Crippen molar-refractivity contribution in [1.82, 2.24) is 31.0 Å². The third kappa shape index (κ3) is 4.48. The molecule has 2 aromatic rings. The van der Waals surface area contributed by atoms with E-state index in [9.17, 15) is 27.8 Å². The number of rotatable bonds is 8. The predicted octanol–water partition coefficient (Wildman–Crippen LogP) is 2.34. The molecular formula is C24H25F4N7O4. The fraction of sp³-hybridized carbons (Fsp3) is 0.458. The molecule has 1 saturated heterocycles. The first-order valence-electron chi connectivity index (χ1n) is 12.1. The minimum absolute atomic E-state index is 0.0584. The first-order valence-corrected chi connectivity index (χ1v) is 12.1. The van der Waals surface area contributed by atoms with Crippen LogP contribution in [-0.4, -0.2) is 74.6 Å². The summed E-state index contributed by atoms with van der Waals surface area (Å²) in [5, 5.41) is 38.9. The monoisotopic (exact) mass is 551 g/mol. The number of nitrogens with one attached hydrogen (secondary N) is 2. The Labute approximate surface area is 219 Å². The van der Waals surface area contributed by atoms with Gasteiger partial charge in [-0.2, -0.15) is 10.8 Å². The highest BCUT2D eigenvalue weighted by Crippen LogP contribution is 2.43. The smallest absolute Gasteiger partial charge is 0.258 e. The van der Waals surface area contributed by atoms with Gasteiger partial charge in [-0.05, 0) is 31.4 Å². The molecular weight excluding hydrogens is 526 g/mol. The van der Waals surface area contributed by atoms with Gasteiger partial charge in [0.25, 0.3) is 6.43 Å². The Hall–Kier alpha value is -3.71. The first kappa shape index (κ1) is 26.9. The number of aliphatic hydroxyl groups excluding tert-OH is 2. The highest BCUT2D eigenvalue weighted by atomic mass is 19.3. The SMILES string of the molecule is COC1=C(n2cc(-c3ccc(C#N)c(F)c3F)nn2)C(O)=C(CO)O[C@@H]1C[C@H]1CN(C2(C(F)F)CCC2)NN1. The molecule has 5 rings (SSSR count). The molecule has 11 nitrogen and oxygen atoms in total. The van der Waals surface area contributed by atoms with Gasteiger partial charge in [0.2, 0.25) is 0 Å². The van der Waals surface area contributed by atoms with Crippen molar-refractivity contribution >= 4 is 5.70 Å². The fourth-order valence-corrected chi connectivity index (χ4v) is 5.04. The second-order valence-electron chi connectivity index (χ2n) is 9.46. The number of halogens is 4. The third-order valence-electron chi connectivity index (χ3n) is 7.33. The van der Waals surface area contributed by atoms with E-state index >= 15 is 0 Å². The molecule has 2 fully saturated rings. The summed E-state index contributed by atoms with van der Waals surface area (Å²) in [5.74, 6) is -3.26. The number of benzene rings is 1. The molecule has 0 unspecified atom stereocenters. The quantitative estimate of drug-likeness (QED) is 0.362. The summed E-state index contributed by atoms with van der Waals surface area (Å²) in [7, 11) is 1.32. The number of ether oxygens (including phenoxy) is 2. The largest absolute Gasteiger partial charge is 0.503 e. The minimum atomic E-state index is -2.52. The standard InChI is InChI=1S/C24H25F4N7O4/c1-38-22-16(7-13-9-35(33-30-13)24(23(27)28)5-2-6-24)39-17(11-36)21(37)20(22)34-10-15(31-32-34)14-4-3-12(8-29)18(25)19(14)26/h3-4,10,13,16,23,30,33,36-37H,2,5-7,9,11H2,1H3/t13-,16+/m0/s1. The van der Waals surface area contributed by atoms with Crippen molar-refractivity contribution in [1.29, 1.82) is 5.26 Å². The predicted molar refractivity (Wildman–Crippen MR) is 126 cm³/mol. The summed E-state index contributed by atoms with van der Waals surface area (Å²) in [4.78, 5) is 0. The maximum atomic E-state index is 14.6. The molecule has 0 spiro atoms. The normalized spacial score (nSPS) is 23.1. The van der Waals surface area contributed by atoms with Crippen LogP contribution in [0, 0.1) is 23.0 Å². The molecule has 1 saturated carbocycles. The zero-order chi connectivity index (χ0) is 27.9. The van der Waals surface area contributed by atoms with E-state index in [4.69, 9.17) is 14.7 Å². The topological polar surface area (TPSA) is 141 Å². The van der Waals surface area contributed by atoms with E-state index in [2.05, 4.69) is 21.3 Å². The van der Waals surface area contributed by atoms with Crippen LogP contribution < -0.4 is 11.0 Å². The molecule has 0 amide bonds. The van der Waals surface area contributed by atoms with E-state index in [1.54, 1.807) is 6.07 Å². The Morgan fingerprint density at radius 2 is 2.08 bits per heavy atom. The number of hydrazine groups is 2. The lowest BCUT2D eigenvalue weighted by Crippen LogP contribution is -2.62. The maximum Gasteiger partial charge on any atom is 0.258 e. The Balaban J connectivity index is 1.44. The molecule has 0 bridgehead atoms. The van der Waals surface area contributed by atoms with E-state index in [0.717, 1.165) is 10.7 Å². The Morgan fingerprint density at radius 1 is 1.31 bits per heavy atom. The molecule has 15 heteroatoms. The average molecular weight is 552 g/mol. The number of hydrogen-bond acceptors (Lipinski definition) is 10. The van der Waals surface area contributed by atoms with Crippen LogP contribution in [0.2, 0.25) is 0 Å². The molecule has 1 aromatic heterocycles. The summed E-state index contributed by atoms with van der Waals surface area (Å²) in [6.07, 6.45) is -0.575. The zero-order valence-electron chi connectivity index (χ0n) is 20.7. The number of hydrogen-bond donors (Lipinski definition) is 4. The Kier molecular flexibility index (Phi) is 7.21. The van der Waals surface area contributed by atoms with Gasteiger partial charge in [0, 0.05) is 24.6 Å². The maximum absolute atomic E-state index is 14.6. The van der Waals surface area contributed by atoms with Crippen LogP contribution in [0.25, 0.3) is 17.0 Å². The van der Waals surface area contributed by atoms with Crippen LogP contribution in [0.1, 0.15) is 31.2 Å². The van der Waals surface area contributed by atoms with Gasteiger partial charge in [-0.3, -0.25) is 0 Å². The summed E-state index contributed by atoms with van der Waals surface area (Å²) >= 11 is 0. The molecule has 1 aliphatic carbocycles. The van der Waals surface area contributed by atoms with Crippen LogP contribution in [0.3, 0.4) is 0 Å². The number of methoxy groups -OCH3 is 1. The minimum Gasteiger partial charge on any atom is -0.503 e. The van der Waals surface area contributed by atoms with E-state index in [0.29, 0.717) is 19.3 Å². The average Bonchev–Trinajstić information content (AvgIpc) is 3.55. The number of aliphatic hydroxyl groups is 2. The summed E-state index contributed by atoms with van der Waals surface area (Å²) in [6, 6.07) is 3.46. The van der Waals surface area contributed by atoms with Crippen molar-refractivity contribution < 1.29 is 37.2 Å². The second-order valence-corrected chi connectivity index (χ2v) is 9.46. The van der Waals surface area contributed by atoms with Crippen molar-refractivity contribution in [3.8, 4) is 17.3 Å². The van der Waals surface area contributed by atoms with E-state index in [-0.39, 0.29) is 47.5 Å². The first-order chi connectivity index (χ1) is 18.7. The third-order valence-corrected chi connectivity index (χ3v) is 7.33. The highest BCUT2D eigenvalue weighted by molar-refractivity contribution is 5.68. The number of nitrogens with zero attached hydrogens (tertiary/aromatic N) is 5. The lowest BCUT2D eigenvalue weighted by atomic mass is 9.76. The van der Waals surface area contributed by atoms with Crippen molar-refractivity contribution in [3.63, 3.8) is 0 Å². The van der Waals surface area contributed by atoms with E-state index in [1.165, 1.54) is 24.4 Å². The number of nitriles is 1. The zero-order valence-corrected chi connectivity index (χ0v) is 20.7. The molecule has 3 heterocycles. The van der Waals surface area contributed by atoms with Gasteiger partial charge >= 0.3 is 0 Å². The summed E-state index contributed by atoms with van der Waals surface area (Å²) in [5.41, 5.74) is 3.67. The van der Waals surface area contributed by atoms with Crippen molar-refractivity contribution in [3.05, 3.63) is 52.8 Å². The highest BCUT2D eigenvalue weighted by Gasteiger charge is 2.52. The van der Waals surface area contributed by atoms with Crippen LogP contribution in [0.5, 0.6) is 0 Å². The fourth-order valence-electron chi connectivity index (χ4n) is 5.04. The van der Waals surface area contributed by atoms with Gasteiger partial charge in [0.05, 0.1) is 24.4 Å². The molecule has 2 aliphatic heterocycles. The van der Waals surface area contributed by atoms with E-state index in [1.807, 2.05) is 0 Å². The molecule has 0 radical (unpaired) electrons. The van der Waals surface area contributed by atoms with Gasteiger partial charge in [0.15, 0.2) is 40.7 Å². The lowest BCUT2D eigenvalue weighted by molar-refractivity contribution is -0.115. The van der Waals surface area contributed by atoms with Crippen molar-refractivity contribution in [2.24, 2.45) is 0 Å². The van der Waals surface area contributed by atoms with Crippen molar-refractivity contribution in [2.75, 3.05) is 20.3 Å². The summed E-state index contributed by atoms with van der Waals surface area (Å²) < 4.78 is 68.7. The Morgan fingerprint density at radius 3 is 2.69 bits per heavy atom. The Bertz CT molecular complexity index is 1370. The van der Waals surface area contributed by atoms with Crippen LogP contribution in [-0.2, 0) is 9.47 Å². The van der Waals surface area contributed by atoms with Gasteiger partial charge in [-0.1, -0.05) is 5.21 Å². The molecule has 208 valence electrons. The summed E-state index contributed by atoms with van der Waals surface area (Å²) in [6.45, 7) is -0.450. The van der Waals surface area contributed by atoms with Crippen LogP contribution >= 0.6 is 0 Å². The van der Waals surface area contributed by atoms with Crippen molar-refractivity contribution in [2.45, 2.75) is 49.8 Å². The van der Waals surface area contributed by atoms with Gasteiger partial charge in [-0.15, -0.1) is 5.10 Å². The van der Waals surface area contributed by atoms with Crippen LogP contribution in [0.15, 0.2) is 35.6 Å². The molecule has 3 aliphatic rings. The second kappa shape index (κ2) is 10.5. The van der Waals surface area contributed by atoms with E-state index < -0.39 is 47.6 Å². The molecule has 4 N–H and O–H groups in total. The molecule has 1 aromatic carbocycles.